The number of anilines is 1. The molecule has 2 heterocycles. The van der Waals surface area contributed by atoms with E-state index in [1.54, 1.807) is 35.2 Å². The van der Waals surface area contributed by atoms with Crippen molar-refractivity contribution in [2.24, 2.45) is 4.99 Å². The number of hydrogen-bond acceptors (Lipinski definition) is 6. The highest BCUT2D eigenvalue weighted by Crippen LogP contribution is 2.42. The van der Waals surface area contributed by atoms with Gasteiger partial charge in [-0.1, -0.05) is 33.8 Å². The smallest absolute Gasteiger partial charge is 0.252 e. The second-order valence-electron chi connectivity index (χ2n) is 7.42. The zero-order valence-electron chi connectivity index (χ0n) is 17.2. The van der Waals surface area contributed by atoms with E-state index in [0.29, 0.717) is 26.7 Å². The van der Waals surface area contributed by atoms with E-state index >= 15 is 0 Å². The maximum absolute atomic E-state index is 14.8. The van der Waals surface area contributed by atoms with Gasteiger partial charge < -0.3 is 14.4 Å². The molecular weight excluding hydrogens is 523 g/mol. The number of sulfone groups is 1. The third-order valence-electron chi connectivity index (χ3n) is 5.26. The second-order valence-corrected chi connectivity index (χ2v) is 11.7. The molecule has 2 aromatic rings. The lowest BCUT2D eigenvalue weighted by atomic mass is 10.1. The van der Waals surface area contributed by atoms with Crippen molar-refractivity contribution in [3.05, 3.63) is 52.3 Å². The molecule has 2 saturated heterocycles. The highest BCUT2D eigenvalue weighted by molar-refractivity contribution is 9.10. The van der Waals surface area contributed by atoms with Crippen molar-refractivity contribution >= 4 is 54.3 Å². The Labute approximate surface area is 198 Å². The molecule has 0 saturated carbocycles. The zero-order valence-corrected chi connectivity index (χ0v) is 20.5. The fraction of sp³-hybridized carbons (Fsp3) is 0.333. The summed E-state index contributed by atoms with van der Waals surface area (Å²) in [5.41, 5.74) is 0.882. The number of methoxy groups -OCH3 is 2. The lowest BCUT2D eigenvalue weighted by Gasteiger charge is -2.25. The van der Waals surface area contributed by atoms with Gasteiger partial charge in [0, 0.05) is 9.72 Å². The third-order valence-corrected chi connectivity index (χ3v) is 8.96. The second kappa shape index (κ2) is 9.03. The summed E-state index contributed by atoms with van der Waals surface area (Å²) in [7, 11) is -0.205. The number of rotatable bonds is 5. The van der Waals surface area contributed by atoms with Crippen molar-refractivity contribution < 1.29 is 27.1 Å². The van der Waals surface area contributed by atoms with Crippen LogP contribution in [0.4, 0.5) is 10.1 Å². The van der Waals surface area contributed by atoms with Gasteiger partial charge in [0.15, 0.2) is 26.5 Å². The summed E-state index contributed by atoms with van der Waals surface area (Å²) >= 11 is 4.44. The number of halogens is 2. The molecule has 2 aliphatic heterocycles. The molecule has 0 radical (unpaired) electrons. The van der Waals surface area contributed by atoms with Crippen LogP contribution in [0.5, 0.6) is 11.5 Å². The van der Waals surface area contributed by atoms with Gasteiger partial charge in [-0.25, -0.2) is 12.8 Å². The molecule has 0 aromatic heterocycles. The average molecular weight is 543 g/mol. The molecule has 2 fully saturated rings. The van der Waals surface area contributed by atoms with Crippen molar-refractivity contribution in [2.75, 3.05) is 30.6 Å². The Balaban J connectivity index is 1.64. The number of ether oxygens (including phenoxy) is 2. The first-order valence-corrected chi connectivity index (χ1v) is 13.1. The van der Waals surface area contributed by atoms with Gasteiger partial charge in [0.1, 0.15) is 5.82 Å². The average Bonchev–Trinajstić information content (AvgIpc) is 3.19. The topological polar surface area (TPSA) is 85.3 Å². The summed E-state index contributed by atoms with van der Waals surface area (Å²) in [6.45, 7) is 0. The van der Waals surface area contributed by atoms with E-state index in [4.69, 9.17) is 9.47 Å². The predicted octanol–water partition coefficient (Wildman–Crippen LogP) is 3.45. The summed E-state index contributed by atoms with van der Waals surface area (Å²) in [6.07, 6.45) is 0.00864. The third kappa shape index (κ3) is 4.65. The Morgan fingerprint density at radius 2 is 1.94 bits per heavy atom. The fourth-order valence-electron chi connectivity index (χ4n) is 3.83. The minimum absolute atomic E-state index is 0.00864. The number of nitrogens with zero attached hydrogens (tertiary/aromatic N) is 2. The van der Waals surface area contributed by atoms with Crippen LogP contribution in [-0.4, -0.2) is 56.5 Å². The van der Waals surface area contributed by atoms with Crippen molar-refractivity contribution in [2.45, 2.75) is 17.7 Å². The van der Waals surface area contributed by atoms with E-state index in [9.17, 15) is 17.6 Å². The van der Waals surface area contributed by atoms with Gasteiger partial charge >= 0.3 is 0 Å². The Hall–Kier alpha value is -2.11. The van der Waals surface area contributed by atoms with Gasteiger partial charge in [-0.2, -0.15) is 4.99 Å². The predicted molar refractivity (Wildman–Crippen MR) is 126 cm³/mol. The number of thioether (sulfide) groups is 1. The van der Waals surface area contributed by atoms with Gasteiger partial charge in [-0.15, -0.1) is 0 Å². The van der Waals surface area contributed by atoms with Crippen molar-refractivity contribution in [3.8, 4) is 11.5 Å². The van der Waals surface area contributed by atoms with Gasteiger partial charge in [0.2, 0.25) is 0 Å². The highest BCUT2D eigenvalue weighted by Gasteiger charge is 2.50. The van der Waals surface area contributed by atoms with E-state index in [1.807, 2.05) is 0 Å². The first-order valence-electron chi connectivity index (χ1n) is 9.64. The molecule has 4 rings (SSSR count). The monoisotopic (exact) mass is 542 g/mol. The van der Waals surface area contributed by atoms with Crippen molar-refractivity contribution in [3.63, 3.8) is 0 Å². The van der Waals surface area contributed by atoms with Crippen LogP contribution in [0.1, 0.15) is 5.56 Å². The summed E-state index contributed by atoms with van der Waals surface area (Å²) in [5.74, 6) is -0.0375. The van der Waals surface area contributed by atoms with E-state index < -0.39 is 27.6 Å². The van der Waals surface area contributed by atoms with Gasteiger partial charge in [-0.3, -0.25) is 4.79 Å². The molecule has 2 aliphatic rings. The van der Waals surface area contributed by atoms with E-state index in [2.05, 4.69) is 20.9 Å². The van der Waals surface area contributed by atoms with Crippen LogP contribution < -0.4 is 14.4 Å². The first kappa shape index (κ1) is 23.1. The molecule has 32 heavy (non-hydrogen) atoms. The molecule has 0 aliphatic carbocycles. The van der Waals surface area contributed by atoms with E-state index in [1.165, 1.54) is 32.0 Å². The molecule has 0 N–H and O–H groups in total. The number of aliphatic imine (C=N–C) groups is 1. The molecule has 0 spiro atoms. The molecule has 7 nitrogen and oxygen atoms in total. The summed E-state index contributed by atoms with van der Waals surface area (Å²) in [4.78, 5) is 18.6. The molecule has 170 valence electrons. The lowest BCUT2D eigenvalue weighted by Crippen LogP contribution is -2.38. The van der Waals surface area contributed by atoms with Crippen molar-refractivity contribution in [1.29, 1.82) is 0 Å². The van der Waals surface area contributed by atoms with Crippen LogP contribution in [0, 0.1) is 5.82 Å². The minimum Gasteiger partial charge on any atom is -0.493 e. The van der Waals surface area contributed by atoms with Gasteiger partial charge in [0.05, 0.1) is 43.9 Å². The van der Waals surface area contributed by atoms with E-state index in [0.717, 1.165) is 0 Å². The highest BCUT2D eigenvalue weighted by atomic mass is 79.9. The zero-order chi connectivity index (χ0) is 23.0. The van der Waals surface area contributed by atoms with E-state index in [-0.39, 0.29) is 28.9 Å². The van der Waals surface area contributed by atoms with Gasteiger partial charge in [0.25, 0.3) is 5.91 Å². The Morgan fingerprint density at radius 1 is 1.19 bits per heavy atom. The molecule has 0 unspecified atom stereocenters. The van der Waals surface area contributed by atoms with Crippen LogP contribution in [0.15, 0.2) is 45.9 Å². The normalized spacial score (nSPS) is 22.8. The fourth-order valence-corrected chi connectivity index (χ4v) is 8.09. The molecule has 0 bridgehead atoms. The Bertz CT molecular complexity index is 1200. The summed E-state index contributed by atoms with van der Waals surface area (Å²) in [5, 5.41) is -0.00252. The molecule has 2 aromatic carbocycles. The Morgan fingerprint density at radius 3 is 2.62 bits per heavy atom. The number of benzene rings is 2. The molecule has 2 atom stereocenters. The number of amidine groups is 1. The van der Waals surface area contributed by atoms with Crippen LogP contribution in [0.2, 0.25) is 0 Å². The van der Waals surface area contributed by atoms with Crippen molar-refractivity contribution in [1.82, 2.24) is 0 Å². The van der Waals surface area contributed by atoms with Gasteiger partial charge in [-0.05, 0) is 35.9 Å². The summed E-state index contributed by atoms with van der Waals surface area (Å²) in [6, 6.07) is 9.21. The number of hydrogen-bond donors (Lipinski definition) is 0. The first-order chi connectivity index (χ1) is 15.2. The number of amides is 1. The summed E-state index contributed by atoms with van der Waals surface area (Å²) < 4.78 is 50.2. The van der Waals surface area contributed by atoms with Crippen LogP contribution in [0.3, 0.4) is 0 Å². The largest absolute Gasteiger partial charge is 0.493 e. The SMILES string of the molecule is COc1ccc(CC(=O)N=C2S[C@@H]3CS(=O)(=O)C[C@H]3N2c2ccc(Br)cc2F)cc1OC. The Kier molecular flexibility index (Phi) is 6.51. The number of fused-ring (bicyclic) bond motifs is 1. The molecular formula is C21H20BrFN2O5S2. The maximum Gasteiger partial charge on any atom is 0.252 e. The quantitative estimate of drug-likeness (QED) is 0.571. The molecule has 1 amide bonds. The van der Waals surface area contributed by atoms with Crippen LogP contribution >= 0.6 is 27.7 Å². The number of carbonyl (C=O) groups excluding carboxylic acids is 1. The maximum atomic E-state index is 14.8. The van der Waals surface area contributed by atoms with Crippen LogP contribution in [0.25, 0.3) is 0 Å². The minimum atomic E-state index is -3.24. The van der Waals surface area contributed by atoms with Crippen LogP contribution in [-0.2, 0) is 21.1 Å². The standard InChI is InChI=1S/C21H20BrFN2O5S2/c1-29-17-6-3-12(7-18(17)30-2)8-20(26)24-21-25(15-5-4-13(22)9-14(15)23)16-10-32(27,28)11-19(16)31-21/h3-7,9,16,19H,8,10-11H2,1-2H3/t16-,19-/m1/s1. The number of carbonyl (C=O) groups is 1. The lowest BCUT2D eigenvalue weighted by molar-refractivity contribution is -0.117. The molecule has 11 heteroatoms.